The van der Waals surface area contributed by atoms with Crippen molar-refractivity contribution in [3.8, 4) is 0 Å². The van der Waals surface area contributed by atoms with Crippen molar-refractivity contribution in [3.63, 3.8) is 0 Å². The van der Waals surface area contributed by atoms with Gasteiger partial charge in [-0.1, -0.05) is 418 Å². The fraction of sp³-hybridized carbons (Fsp3) is 0.987. The Bertz CT molecular complexity index is 1360. The van der Waals surface area contributed by atoms with Crippen LogP contribution in [0.25, 0.3) is 0 Å². The molecule has 0 radical (unpaired) electrons. The molecule has 0 bridgehead atoms. The number of phosphoric acid groups is 1. The Morgan fingerprint density at radius 2 is 0.558 bits per heavy atom. The third kappa shape index (κ3) is 70.9. The molecule has 3 atom stereocenters. The molecule has 0 aliphatic rings. The molecule has 0 aromatic heterocycles. The molecule has 1 amide bonds. The SMILES string of the molecule is CCCCCCCCCCCCCCCCCCCCCCCCCCCCCCCCCCCCCCCCC(=O)NC(COP(=O)(O)OCC[N+](C)(C)C)C(O)CCCCCCCCCCCCCCCCCCCCCCCCCCCC. The molecule has 8 nitrogen and oxygen atoms in total. The average Bonchev–Trinajstić information content (AvgIpc) is 3.70. The van der Waals surface area contributed by atoms with E-state index in [0.29, 0.717) is 23.9 Å². The third-order valence-corrected chi connectivity index (χ3v) is 19.8. The molecule has 0 saturated carbocycles. The highest BCUT2D eigenvalue weighted by Gasteiger charge is 2.28. The van der Waals surface area contributed by atoms with E-state index in [1.54, 1.807) is 0 Å². The monoisotopic (exact) mass is 1240 g/mol. The van der Waals surface area contributed by atoms with Crippen LogP contribution < -0.4 is 5.32 Å². The summed E-state index contributed by atoms with van der Waals surface area (Å²) in [7, 11) is 1.65. The minimum atomic E-state index is -4.33. The van der Waals surface area contributed by atoms with Gasteiger partial charge in [0.2, 0.25) is 5.91 Å². The molecule has 0 aliphatic heterocycles. The van der Waals surface area contributed by atoms with Gasteiger partial charge in [-0.25, -0.2) is 4.57 Å². The molecule has 0 spiro atoms. The molecule has 0 aromatic rings. The predicted molar refractivity (Wildman–Crippen MR) is 379 cm³/mol. The number of hydrogen-bond acceptors (Lipinski definition) is 5. The van der Waals surface area contributed by atoms with Crippen molar-refractivity contribution in [2.75, 3.05) is 40.9 Å². The lowest BCUT2D eigenvalue weighted by molar-refractivity contribution is -0.870. The number of nitrogens with zero attached hydrogens (tertiary/aromatic N) is 1. The number of aliphatic hydroxyl groups is 1. The van der Waals surface area contributed by atoms with Gasteiger partial charge in [0, 0.05) is 6.42 Å². The van der Waals surface area contributed by atoms with Gasteiger partial charge < -0.3 is 19.8 Å². The zero-order valence-corrected chi connectivity index (χ0v) is 60.3. The molecule has 3 unspecified atom stereocenters. The topological polar surface area (TPSA) is 105 Å². The van der Waals surface area contributed by atoms with Gasteiger partial charge in [0.05, 0.1) is 39.9 Å². The van der Waals surface area contributed by atoms with E-state index in [9.17, 15) is 19.4 Å². The summed E-state index contributed by atoms with van der Waals surface area (Å²) >= 11 is 0. The summed E-state index contributed by atoms with van der Waals surface area (Å²) in [6.45, 7) is 4.98. The first kappa shape index (κ1) is 85.5. The molecule has 0 fully saturated rings. The lowest BCUT2D eigenvalue weighted by Crippen LogP contribution is -2.46. The average molecular weight is 1240 g/mol. The van der Waals surface area contributed by atoms with Crippen molar-refractivity contribution < 1.29 is 32.9 Å². The summed E-state index contributed by atoms with van der Waals surface area (Å²) in [6, 6.07) is -0.757. The van der Waals surface area contributed by atoms with Gasteiger partial charge in [-0.15, -0.1) is 0 Å². The van der Waals surface area contributed by atoms with Crippen LogP contribution in [0.4, 0.5) is 0 Å². The number of quaternary nitrogens is 1. The highest BCUT2D eigenvalue weighted by atomic mass is 31.2. The van der Waals surface area contributed by atoms with Gasteiger partial charge in [0.25, 0.3) is 0 Å². The normalized spacial score (nSPS) is 13.4. The maximum atomic E-state index is 13.1. The summed E-state index contributed by atoms with van der Waals surface area (Å²) in [6.07, 6.45) is 88.3. The number of carbonyl (C=O) groups excluding carboxylic acids is 1. The van der Waals surface area contributed by atoms with Crippen LogP contribution in [-0.2, 0) is 18.4 Å². The van der Waals surface area contributed by atoms with Crippen LogP contribution in [0.1, 0.15) is 438 Å². The van der Waals surface area contributed by atoms with Gasteiger partial charge in [0.1, 0.15) is 13.2 Å². The van der Waals surface area contributed by atoms with Crippen LogP contribution in [0.15, 0.2) is 0 Å². The highest BCUT2D eigenvalue weighted by molar-refractivity contribution is 7.47. The Balaban J connectivity index is 3.87. The summed E-state index contributed by atoms with van der Waals surface area (Å²) in [5, 5.41) is 14.2. The first-order valence-corrected chi connectivity index (χ1v) is 40.9. The highest BCUT2D eigenvalue weighted by Crippen LogP contribution is 2.43. The van der Waals surface area contributed by atoms with Gasteiger partial charge in [-0.05, 0) is 12.8 Å². The standard InChI is InChI=1S/C77H157N2O6P/c1-6-8-10-12-14-16-18-20-22-24-26-28-30-32-34-35-36-37-38-39-40-41-42-43-44-45-47-49-51-53-55-57-59-61-63-65-67-69-71-77(81)78-75(74-85-86(82,83)84-73-72-79(3,4)5)76(80)70-68-66-64-62-60-58-56-54-52-50-48-46-33-31-29-27-25-23-21-19-17-15-13-11-9-7-2/h75-76,80H,6-74H2,1-5H3,(H-,78,81,82,83)/p+1. The van der Waals surface area contributed by atoms with E-state index in [4.69, 9.17) is 9.05 Å². The van der Waals surface area contributed by atoms with Crippen LogP contribution >= 0.6 is 7.82 Å². The number of amides is 1. The van der Waals surface area contributed by atoms with Gasteiger partial charge >= 0.3 is 7.82 Å². The second kappa shape index (κ2) is 68.9. The van der Waals surface area contributed by atoms with Crippen LogP contribution in [0.5, 0.6) is 0 Å². The van der Waals surface area contributed by atoms with E-state index >= 15 is 0 Å². The minimum absolute atomic E-state index is 0.0796. The second-order valence-electron chi connectivity index (χ2n) is 28.8. The number of phosphoric ester groups is 1. The van der Waals surface area contributed by atoms with E-state index in [-0.39, 0.29) is 19.1 Å². The molecule has 9 heteroatoms. The van der Waals surface area contributed by atoms with Gasteiger partial charge in [0.15, 0.2) is 0 Å². The van der Waals surface area contributed by atoms with Crippen molar-refractivity contribution in [2.24, 2.45) is 0 Å². The zero-order valence-electron chi connectivity index (χ0n) is 59.4. The molecule has 0 saturated heterocycles. The maximum Gasteiger partial charge on any atom is 0.472 e. The Morgan fingerprint density at radius 3 is 0.779 bits per heavy atom. The van der Waals surface area contributed by atoms with Crippen molar-refractivity contribution in [2.45, 2.75) is 450 Å². The number of carbonyl (C=O) groups is 1. The zero-order chi connectivity index (χ0) is 62.6. The molecular formula is C77H158N2O6P+. The molecule has 0 heterocycles. The van der Waals surface area contributed by atoms with Crippen molar-refractivity contribution >= 4 is 13.7 Å². The van der Waals surface area contributed by atoms with Crippen LogP contribution in [0, 0.1) is 0 Å². The van der Waals surface area contributed by atoms with E-state index < -0.39 is 20.0 Å². The van der Waals surface area contributed by atoms with Gasteiger partial charge in [-0.2, -0.15) is 0 Å². The number of likely N-dealkylation sites (N-methyl/N-ethyl adjacent to an activating group) is 1. The molecular weight excluding hydrogens is 1080 g/mol. The Kier molecular flexibility index (Phi) is 68.5. The number of nitrogens with one attached hydrogen (secondary N) is 1. The summed E-state index contributed by atoms with van der Waals surface area (Å²) < 4.78 is 23.9. The number of unbranched alkanes of at least 4 members (excludes halogenated alkanes) is 62. The van der Waals surface area contributed by atoms with Crippen molar-refractivity contribution in [3.05, 3.63) is 0 Å². The summed E-state index contributed by atoms with van der Waals surface area (Å²) in [4.78, 5) is 23.5. The number of rotatable bonds is 75. The molecule has 0 aromatic carbocycles. The van der Waals surface area contributed by atoms with E-state index in [1.807, 2.05) is 21.1 Å². The first-order valence-electron chi connectivity index (χ1n) is 39.4. The smallest absolute Gasteiger partial charge is 0.391 e. The lowest BCUT2D eigenvalue weighted by atomic mass is 10.0. The first-order chi connectivity index (χ1) is 42.0. The maximum absolute atomic E-state index is 13.1. The second-order valence-corrected chi connectivity index (χ2v) is 30.3. The number of hydrogen-bond donors (Lipinski definition) is 3. The van der Waals surface area contributed by atoms with Crippen LogP contribution in [-0.4, -0.2) is 73.4 Å². The lowest BCUT2D eigenvalue weighted by Gasteiger charge is -2.26. The van der Waals surface area contributed by atoms with Crippen molar-refractivity contribution in [1.82, 2.24) is 5.32 Å². The molecule has 516 valence electrons. The Labute approximate surface area is 540 Å². The molecule has 0 aliphatic carbocycles. The Hall–Kier alpha value is -0.500. The van der Waals surface area contributed by atoms with Crippen molar-refractivity contribution in [1.29, 1.82) is 0 Å². The van der Waals surface area contributed by atoms with Crippen LogP contribution in [0.2, 0.25) is 0 Å². The summed E-state index contributed by atoms with van der Waals surface area (Å²) in [5.74, 6) is -0.132. The Morgan fingerprint density at radius 1 is 0.349 bits per heavy atom. The molecule has 3 N–H and O–H groups in total. The minimum Gasteiger partial charge on any atom is -0.391 e. The fourth-order valence-electron chi connectivity index (χ4n) is 12.8. The van der Waals surface area contributed by atoms with E-state index in [1.165, 1.54) is 372 Å². The third-order valence-electron chi connectivity index (χ3n) is 18.9. The quantitative estimate of drug-likeness (QED) is 0.0318. The summed E-state index contributed by atoms with van der Waals surface area (Å²) in [5.41, 5.74) is 0. The predicted octanol–water partition coefficient (Wildman–Crippen LogP) is 25.5. The largest absolute Gasteiger partial charge is 0.472 e. The van der Waals surface area contributed by atoms with Crippen LogP contribution in [0.3, 0.4) is 0 Å². The van der Waals surface area contributed by atoms with E-state index in [2.05, 4.69) is 19.2 Å². The molecule has 86 heavy (non-hydrogen) atoms. The molecule has 0 rings (SSSR count). The number of aliphatic hydroxyl groups excluding tert-OH is 1. The van der Waals surface area contributed by atoms with E-state index in [0.717, 1.165) is 38.5 Å². The fourth-order valence-corrected chi connectivity index (χ4v) is 13.5. The van der Waals surface area contributed by atoms with Gasteiger partial charge in [-0.3, -0.25) is 13.8 Å².